The molecule has 2 heterocycles. The molecule has 5 nitrogen and oxygen atoms in total. The quantitative estimate of drug-likeness (QED) is 0.674. The molecule has 1 aliphatic heterocycles. The molecule has 1 aliphatic carbocycles. The van der Waals surface area contributed by atoms with Crippen molar-refractivity contribution in [2.24, 2.45) is 5.92 Å². The minimum atomic E-state index is -0.498. The molecule has 0 unspecified atom stereocenters. The first-order valence-corrected chi connectivity index (χ1v) is 11.5. The van der Waals surface area contributed by atoms with E-state index in [0.29, 0.717) is 18.8 Å². The number of allylic oxidation sites excluding steroid dienone is 1. The minimum Gasteiger partial charge on any atom is -0.459 e. The number of rotatable bonds is 8. The molecule has 0 bridgehead atoms. The van der Waals surface area contributed by atoms with Crippen LogP contribution in [0, 0.1) is 5.92 Å². The fourth-order valence-electron chi connectivity index (χ4n) is 4.19. The van der Waals surface area contributed by atoms with Gasteiger partial charge in [-0.05, 0) is 67.5 Å². The molecule has 1 fully saturated rings. The Labute approximate surface area is 175 Å². The number of amides is 1. The molecule has 4 rings (SSSR count). The van der Waals surface area contributed by atoms with Gasteiger partial charge in [0.2, 0.25) is 6.29 Å². The molecule has 1 saturated carbocycles. The van der Waals surface area contributed by atoms with Gasteiger partial charge in [-0.25, -0.2) is 0 Å². The second-order valence-corrected chi connectivity index (χ2v) is 8.73. The van der Waals surface area contributed by atoms with Crippen molar-refractivity contribution >= 4 is 27.3 Å². The van der Waals surface area contributed by atoms with Crippen LogP contribution in [0.15, 0.2) is 41.5 Å². The van der Waals surface area contributed by atoms with Crippen molar-refractivity contribution in [1.29, 1.82) is 0 Å². The molecule has 3 atom stereocenters. The van der Waals surface area contributed by atoms with Gasteiger partial charge in [-0.3, -0.25) is 4.79 Å². The number of fused-ring (bicyclic) bond motifs is 1. The Bertz CT molecular complexity index is 873. The third kappa shape index (κ3) is 4.34. The van der Waals surface area contributed by atoms with Crippen LogP contribution in [0.5, 0.6) is 0 Å². The zero-order chi connectivity index (χ0) is 20.2. The Kier molecular flexibility index (Phi) is 6.53. The van der Waals surface area contributed by atoms with Gasteiger partial charge in [-0.15, -0.1) is 11.3 Å². The first kappa shape index (κ1) is 20.4. The number of aliphatic hydroxyl groups is 1. The van der Waals surface area contributed by atoms with E-state index in [2.05, 4.69) is 28.9 Å². The van der Waals surface area contributed by atoms with E-state index >= 15 is 0 Å². The summed E-state index contributed by atoms with van der Waals surface area (Å²) in [5.74, 6) is 0.255. The monoisotopic (exact) mass is 415 g/mol. The van der Waals surface area contributed by atoms with E-state index in [0.717, 1.165) is 19.3 Å². The van der Waals surface area contributed by atoms with E-state index in [4.69, 9.17) is 9.47 Å². The van der Waals surface area contributed by atoms with Crippen LogP contribution >= 0.6 is 11.3 Å². The molecule has 2 aromatic rings. The second kappa shape index (κ2) is 9.28. The summed E-state index contributed by atoms with van der Waals surface area (Å²) >= 11 is 1.72. The maximum atomic E-state index is 12.9. The van der Waals surface area contributed by atoms with Crippen LogP contribution in [-0.4, -0.2) is 36.6 Å². The fraction of sp³-hybridized carbons (Fsp3) is 0.522. The van der Waals surface area contributed by atoms with Gasteiger partial charge in [0.05, 0.1) is 0 Å². The number of ether oxygens (including phenoxy) is 2. The largest absolute Gasteiger partial charge is 0.459 e. The molecule has 2 N–H and O–H groups in total. The lowest BCUT2D eigenvalue weighted by molar-refractivity contribution is -0.166. The van der Waals surface area contributed by atoms with Crippen LogP contribution in [0.1, 0.15) is 50.5 Å². The molecule has 6 heteroatoms. The van der Waals surface area contributed by atoms with Crippen molar-refractivity contribution in [1.82, 2.24) is 5.32 Å². The predicted molar refractivity (Wildman–Crippen MR) is 115 cm³/mol. The van der Waals surface area contributed by atoms with Gasteiger partial charge in [0.1, 0.15) is 0 Å². The molecule has 0 saturated heterocycles. The lowest BCUT2D eigenvalue weighted by atomic mass is 9.80. The summed E-state index contributed by atoms with van der Waals surface area (Å²) < 4.78 is 13.2. The number of nitrogens with one attached hydrogen (secondary N) is 1. The predicted octanol–water partition coefficient (Wildman–Crippen LogP) is 4.32. The maximum Gasteiger partial charge on any atom is 0.286 e. The van der Waals surface area contributed by atoms with E-state index in [1.54, 1.807) is 11.3 Å². The third-order valence-corrected chi connectivity index (χ3v) is 6.93. The molecular weight excluding hydrogens is 386 g/mol. The van der Waals surface area contributed by atoms with Crippen LogP contribution in [0.3, 0.4) is 0 Å². The van der Waals surface area contributed by atoms with E-state index in [9.17, 15) is 9.90 Å². The highest BCUT2D eigenvalue weighted by Crippen LogP contribution is 2.43. The molecular formula is C23H29NO4S. The van der Waals surface area contributed by atoms with Gasteiger partial charge < -0.3 is 19.9 Å². The molecule has 2 aliphatic rings. The Hall–Kier alpha value is -1.89. The van der Waals surface area contributed by atoms with Crippen LogP contribution < -0.4 is 5.32 Å². The van der Waals surface area contributed by atoms with Crippen LogP contribution in [0.4, 0.5) is 0 Å². The highest BCUT2D eigenvalue weighted by Gasteiger charge is 2.39. The topological polar surface area (TPSA) is 67.8 Å². The summed E-state index contributed by atoms with van der Waals surface area (Å²) in [6.07, 6.45) is 6.15. The van der Waals surface area contributed by atoms with Gasteiger partial charge in [-0.2, -0.15) is 0 Å². The van der Waals surface area contributed by atoms with Crippen molar-refractivity contribution in [3.63, 3.8) is 0 Å². The molecule has 0 spiro atoms. The van der Waals surface area contributed by atoms with Gasteiger partial charge in [0, 0.05) is 35.8 Å². The van der Waals surface area contributed by atoms with Gasteiger partial charge in [-0.1, -0.05) is 18.2 Å². The van der Waals surface area contributed by atoms with Crippen molar-refractivity contribution < 1.29 is 19.4 Å². The molecule has 1 aromatic heterocycles. The molecule has 1 aromatic carbocycles. The van der Waals surface area contributed by atoms with Gasteiger partial charge >= 0.3 is 0 Å². The Morgan fingerprint density at radius 2 is 2.17 bits per heavy atom. The number of aliphatic hydroxyl groups excluding tert-OH is 1. The Morgan fingerprint density at radius 3 is 2.90 bits per heavy atom. The number of hydrogen-bond acceptors (Lipinski definition) is 5. The molecule has 156 valence electrons. The average molecular weight is 416 g/mol. The summed E-state index contributed by atoms with van der Waals surface area (Å²) in [6.45, 7) is 2.58. The standard InChI is InChI=1S/C23H29NO4S/c1-2-27-23-17(10-6-12-25)18(19-14-29-21-11-4-3-9-16(19)21)13-20(28-23)22(26)24-15-7-5-8-15/h3-4,9,11,13-15,17-18,23,25H,2,5-8,10,12H2,1H3,(H,24,26)/t17-,18-,23+/m0/s1. The Morgan fingerprint density at radius 1 is 1.34 bits per heavy atom. The van der Waals surface area contributed by atoms with Crippen LogP contribution in [0.2, 0.25) is 0 Å². The maximum absolute atomic E-state index is 12.9. The normalized spacial score (nSPS) is 24.6. The smallest absolute Gasteiger partial charge is 0.286 e. The van der Waals surface area contributed by atoms with Crippen LogP contribution in [0.25, 0.3) is 10.1 Å². The van der Waals surface area contributed by atoms with Crippen molar-refractivity contribution in [3.05, 3.63) is 47.0 Å². The minimum absolute atomic E-state index is 0.00476. The zero-order valence-electron chi connectivity index (χ0n) is 16.8. The van der Waals surface area contributed by atoms with E-state index in [1.807, 2.05) is 19.1 Å². The van der Waals surface area contributed by atoms with E-state index in [1.165, 1.54) is 22.1 Å². The SMILES string of the molecule is CCO[C@@H]1OC(C(=O)NC2CCC2)=C[C@H](c2csc3ccccc23)[C@@H]1CCCO. The molecule has 0 radical (unpaired) electrons. The number of hydrogen-bond donors (Lipinski definition) is 2. The zero-order valence-corrected chi connectivity index (χ0v) is 17.6. The average Bonchev–Trinajstić information content (AvgIpc) is 3.13. The van der Waals surface area contributed by atoms with Gasteiger partial charge in [0.15, 0.2) is 5.76 Å². The number of thiophene rings is 1. The summed E-state index contributed by atoms with van der Waals surface area (Å²) in [6, 6.07) is 8.61. The van der Waals surface area contributed by atoms with E-state index < -0.39 is 6.29 Å². The first-order chi connectivity index (χ1) is 14.2. The van der Waals surface area contributed by atoms with Crippen molar-refractivity contribution in [3.8, 4) is 0 Å². The van der Waals surface area contributed by atoms with Crippen LogP contribution in [-0.2, 0) is 14.3 Å². The van der Waals surface area contributed by atoms with Crippen molar-refractivity contribution in [2.75, 3.05) is 13.2 Å². The number of benzene rings is 1. The van der Waals surface area contributed by atoms with Crippen molar-refractivity contribution in [2.45, 2.75) is 57.3 Å². The fourth-order valence-corrected chi connectivity index (χ4v) is 5.20. The highest BCUT2D eigenvalue weighted by molar-refractivity contribution is 7.17. The van der Waals surface area contributed by atoms with Gasteiger partial charge in [0.25, 0.3) is 5.91 Å². The highest BCUT2D eigenvalue weighted by atomic mass is 32.1. The lowest BCUT2D eigenvalue weighted by Gasteiger charge is -2.37. The summed E-state index contributed by atoms with van der Waals surface area (Å²) in [5, 5.41) is 15.9. The summed E-state index contributed by atoms with van der Waals surface area (Å²) in [5.41, 5.74) is 1.20. The molecule has 29 heavy (non-hydrogen) atoms. The van der Waals surface area contributed by atoms with E-state index in [-0.39, 0.29) is 30.4 Å². The lowest BCUT2D eigenvalue weighted by Crippen LogP contribution is -2.43. The first-order valence-electron chi connectivity index (χ1n) is 10.6. The Balaban J connectivity index is 1.70. The third-order valence-electron chi connectivity index (χ3n) is 5.95. The second-order valence-electron chi connectivity index (χ2n) is 7.82. The summed E-state index contributed by atoms with van der Waals surface area (Å²) in [7, 11) is 0. The number of carbonyl (C=O) groups excluding carboxylic acids is 1. The number of carbonyl (C=O) groups is 1. The summed E-state index contributed by atoms with van der Waals surface area (Å²) in [4.78, 5) is 12.9. The molecule has 1 amide bonds.